The highest BCUT2D eigenvalue weighted by atomic mass is 19.4. The molecule has 8 nitrogen and oxygen atoms in total. The summed E-state index contributed by atoms with van der Waals surface area (Å²) in [7, 11) is 0. The monoisotopic (exact) mass is 576 g/mol. The number of aromatic nitrogens is 4. The number of nitrogens with one attached hydrogen (secondary N) is 2. The second-order valence-corrected chi connectivity index (χ2v) is 9.68. The summed E-state index contributed by atoms with van der Waals surface area (Å²) >= 11 is 0. The summed E-state index contributed by atoms with van der Waals surface area (Å²) in [6.45, 7) is 0.237. The van der Waals surface area contributed by atoms with Gasteiger partial charge in [0.25, 0.3) is 5.91 Å². The van der Waals surface area contributed by atoms with Gasteiger partial charge in [-0.25, -0.2) is 13.9 Å². The smallest absolute Gasteiger partial charge is 0.342 e. The molecule has 2 aromatic carbocycles. The zero-order chi connectivity index (χ0) is 29.9. The van der Waals surface area contributed by atoms with Crippen LogP contribution in [0.4, 0.5) is 29.2 Å². The summed E-state index contributed by atoms with van der Waals surface area (Å²) in [6, 6.07) is 18.6. The molecule has 0 bridgehead atoms. The fraction of sp³-hybridized carbons (Fsp3) is 0.167. The summed E-state index contributed by atoms with van der Waals surface area (Å²) < 4.78 is 51.8. The first-order valence-corrected chi connectivity index (χ1v) is 12.8. The average Bonchev–Trinajstić information content (AvgIpc) is 3.36. The Labute approximate surface area is 237 Å². The van der Waals surface area contributed by atoms with Crippen molar-refractivity contribution in [3.05, 3.63) is 107 Å². The Bertz CT molecular complexity index is 1750. The van der Waals surface area contributed by atoms with E-state index in [0.717, 1.165) is 22.3 Å². The SMILES string of the molecule is Cc1cc(C(=O)NCC(F)(F)F)ncc1Nc1nc2ccc(-c3ccc(CC(=O)Cc4ccc(F)cc4)cc3)cn2n1. The number of hydrogen-bond acceptors (Lipinski definition) is 6. The van der Waals surface area contributed by atoms with Crippen LogP contribution in [0.3, 0.4) is 0 Å². The Kier molecular flexibility index (Phi) is 7.96. The molecule has 3 heterocycles. The van der Waals surface area contributed by atoms with Crippen LogP contribution < -0.4 is 10.6 Å². The number of ketones is 1. The number of Topliss-reactive ketones (excluding diaryl/α,β-unsaturated/α-hetero) is 1. The van der Waals surface area contributed by atoms with E-state index in [2.05, 4.69) is 20.4 Å². The molecule has 0 radical (unpaired) electrons. The Morgan fingerprint density at radius 3 is 2.19 bits per heavy atom. The molecule has 0 fully saturated rings. The molecular formula is C30H24F4N6O2. The topological polar surface area (TPSA) is 101 Å². The Morgan fingerprint density at radius 2 is 1.55 bits per heavy atom. The normalized spacial score (nSPS) is 11.5. The van der Waals surface area contributed by atoms with Gasteiger partial charge in [0.05, 0.1) is 11.9 Å². The van der Waals surface area contributed by atoms with Gasteiger partial charge in [-0.05, 0) is 59.5 Å². The number of benzene rings is 2. The van der Waals surface area contributed by atoms with Crippen LogP contribution >= 0.6 is 0 Å². The van der Waals surface area contributed by atoms with Gasteiger partial charge in [-0.15, -0.1) is 5.10 Å². The maximum Gasteiger partial charge on any atom is 0.405 e. The van der Waals surface area contributed by atoms with Crippen molar-refractivity contribution in [2.75, 3.05) is 11.9 Å². The van der Waals surface area contributed by atoms with Crippen molar-refractivity contribution in [2.24, 2.45) is 0 Å². The number of alkyl halides is 3. The molecule has 12 heteroatoms. The summed E-state index contributed by atoms with van der Waals surface area (Å²) in [5.74, 6) is -0.967. The number of anilines is 2. The maximum atomic E-state index is 13.1. The van der Waals surface area contributed by atoms with Gasteiger partial charge >= 0.3 is 6.18 Å². The predicted molar refractivity (Wildman–Crippen MR) is 148 cm³/mol. The fourth-order valence-electron chi connectivity index (χ4n) is 4.24. The molecular weight excluding hydrogens is 552 g/mol. The quantitative estimate of drug-likeness (QED) is 0.221. The lowest BCUT2D eigenvalue weighted by Crippen LogP contribution is -2.34. The van der Waals surface area contributed by atoms with Crippen molar-refractivity contribution in [3.63, 3.8) is 0 Å². The van der Waals surface area contributed by atoms with Crippen LogP contribution in [-0.2, 0) is 17.6 Å². The van der Waals surface area contributed by atoms with Crippen LogP contribution in [0, 0.1) is 12.7 Å². The van der Waals surface area contributed by atoms with Crippen LogP contribution in [0.15, 0.2) is 79.1 Å². The minimum atomic E-state index is -4.52. The van der Waals surface area contributed by atoms with E-state index < -0.39 is 18.6 Å². The third-order valence-electron chi connectivity index (χ3n) is 6.37. The van der Waals surface area contributed by atoms with Gasteiger partial charge in [0.2, 0.25) is 5.95 Å². The molecule has 0 aliphatic heterocycles. The number of nitrogens with zero attached hydrogens (tertiary/aromatic N) is 4. The lowest BCUT2D eigenvalue weighted by Gasteiger charge is -2.10. The van der Waals surface area contributed by atoms with Crippen molar-refractivity contribution >= 4 is 29.0 Å². The summed E-state index contributed by atoms with van der Waals surface area (Å²) in [4.78, 5) is 32.8. The lowest BCUT2D eigenvalue weighted by atomic mass is 10.0. The number of carbonyl (C=O) groups is 2. The largest absolute Gasteiger partial charge is 0.405 e. The summed E-state index contributed by atoms with van der Waals surface area (Å²) in [5, 5.41) is 9.26. The van der Waals surface area contributed by atoms with Crippen LogP contribution in [-0.4, -0.2) is 44.0 Å². The first kappa shape index (κ1) is 28.4. The van der Waals surface area contributed by atoms with Crippen LogP contribution in [0.25, 0.3) is 16.8 Å². The molecule has 0 atom stereocenters. The van der Waals surface area contributed by atoms with E-state index in [4.69, 9.17) is 0 Å². The molecule has 0 spiro atoms. The molecule has 214 valence electrons. The van der Waals surface area contributed by atoms with E-state index >= 15 is 0 Å². The lowest BCUT2D eigenvalue weighted by molar-refractivity contribution is -0.123. The Morgan fingerprint density at radius 1 is 0.905 bits per heavy atom. The molecule has 0 unspecified atom stereocenters. The van der Waals surface area contributed by atoms with Gasteiger partial charge in [-0.3, -0.25) is 9.59 Å². The molecule has 1 amide bonds. The second kappa shape index (κ2) is 11.8. The number of rotatable bonds is 9. The van der Waals surface area contributed by atoms with Crippen molar-refractivity contribution in [2.45, 2.75) is 25.9 Å². The predicted octanol–water partition coefficient (Wildman–Crippen LogP) is 5.63. The number of pyridine rings is 2. The van der Waals surface area contributed by atoms with Gasteiger partial charge in [0, 0.05) is 24.6 Å². The van der Waals surface area contributed by atoms with E-state index in [-0.39, 0.29) is 36.1 Å². The molecule has 3 aromatic heterocycles. The van der Waals surface area contributed by atoms with Crippen molar-refractivity contribution in [3.8, 4) is 11.1 Å². The molecule has 42 heavy (non-hydrogen) atoms. The van der Waals surface area contributed by atoms with Gasteiger partial charge in [-0.1, -0.05) is 36.4 Å². The molecule has 5 aromatic rings. The third-order valence-corrected chi connectivity index (χ3v) is 6.37. The average molecular weight is 577 g/mol. The van der Waals surface area contributed by atoms with Gasteiger partial charge < -0.3 is 10.6 Å². The highest BCUT2D eigenvalue weighted by Crippen LogP contribution is 2.23. The van der Waals surface area contributed by atoms with Crippen molar-refractivity contribution in [1.29, 1.82) is 0 Å². The Hall–Kier alpha value is -5.13. The fourth-order valence-corrected chi connectivity index (χ4v) is 4.24. The number of hydrogen-bond donors (Lipinski definition) is 2. The van der Waals surface area contributed by atoms with Gasteiger partial charge in [0.1, 0.15) is 23.8 Å². The Balaban J connectivity index is 1.23. The first-order valence-electron chi connectivity index (χ1n) is 12.8. The zero-order valence-electron chi connectivity index (χ0n) is 22.2. The first-order chi connectivity index (χ1) is 20.0. The van der Waals surface area contributed by atoms with Crippen molar-refractivity contribution < 1.29 is 27.2 Å². The van der Waals surface area contributed by atoms with E-state index in [1.54, 1.807) is 41.2 Å². The second-order valence-electron chi connectivity index (χ2n) is 9.68. The highest BCUT2D eigenvalue weighted by Gasteiger charge is 2.28. The maximum absolute atomic E-state index is 13.1. The van der Waals surface area contributed by atoms with Crippen LogP contribution in [0.2, 0.25) is 0 Å². The number of fused-ring (bicyclic) bond motifs is 1. The molecule has 0 saturated heterocycles. The minimum Gasteiger partial charge on any atom is -0.342 e. The number of carbonyl (C=O) groups excluding carboxylic acids is 2. The third kappa shape index (κ3) is 7.14. The number of amides is 1. The van der Waals surface area contributed by atoms with E-state index in [1.807, 2.05) is 30.3 Å². The molecule has 0 aliphatic carbocycles. The standard InChI is InChI=1S/C30H24F4N6O2/c1-18-12-25(28(42)36-17-30(32,33)34)35-15-26(18)37-29-38-27-11-8-22(16-40(27)39-29)21-6-2-19(3-7-21)13-24(41)14-20-4-9-23(31)10-5-20/h2-12,15-16H,13-14,17H2,1H3,(H,36,42)(H,37,39). The summed E-state index contributed by atoms with van der Waals surface area (Å²) in [6.07, 6.45) is -0.874. The molecule has 0 saturated carbocycles. The highest BCUT2D eigenvalue weighted by molar-refractivity contribution is 5.92. The van der Waals surface area contributed by atoms with Gasteiger partial charge in [-0.2, -0.15) is 18.2 Å². The van der Waals surface area contributed by atoms with E-state index in [1.165, 1.54) is 24.4 Å². The minimum absolute atomic E-state index is 0.0308. The van der Waals surface area contributed by atoms with Crippen molar-refractivity contribution in [1.82, 2.24) is 24.9 Å². The number of aryl methyl sites for hydroxylation is 1. The molecule has 0 aliphatic rings. The van der Waals surface area contributed by atoms with E-state index in [9.17, 15) is 27.2 Å². The molecule has 2 N–H and O–H groups in total. The molecule has 5 rings (SSSR count). The summed E-state index contributed by atoms with van der Waals surface area (Å²) in [5.41, 5.74) is 4.90. The van der Waals surface area contributed by atoms with Crippen LogP contribution in [0.5, 0.6) is 0 Å². The van der Waals surface area contributed by atoms with Gasteiger partial charge in [0.15, 0.2) is 5.65 Å². The number of halogens is 4. The zero-order valence-corrected chi connectivity index (χ0v) is 22.2. The van der Waals surface area contributed by atoms with E-state index in [0.29, 0.717) is 16.9 Å². The van der Waals surface area contributed by atoms with Crippen LogP contribution in [0.1, 0.15) is 27.2 Å².